The number of carbonyl (C=O) groups excluding carboxylic acids is 1. The molecule has 1 unspecified atom stereocenters. The van der Waals surface area contributed by atoms with Crippen LogP contribution >= 0.6 is 11.6 Å². The van der Waals surface area contributed by atoms with Crippen molar-refractivity contribution in [1.82, 2.24) is 0 Å². The number of carbonyl (C=O) groups is 1. The summed E-state index contributed by atoms with van der Waals surface area (Å²) >= 11 is 5.87. The minimum atomic E-state index is -1.11. The maximum atomic E-state index is 13.7. The van der Waals surface area contributed by atoms with E-state index in [9.17, 15) is 9.18 Å². The molecule has 2 nitrogen and oxygen atoms in total. The van der Waals surface area contributed by atoms with Gasteiger partial charge < -0.3 is 0 Å². The molecule has 0 saturated carbocycles. The van der Waals surface area contributed by atoms with Crippen LogP contribution in [-0.2, 0) is 4.79 Å². The van der Waals surface area contributed by atoms with Gasteiger partial charge in [0.15, 0.2) is 5.78 Å². The Kier molecular flexibility index (Phi) is 5.30. The molecule has 0 heterocycles. The third-order valence-corrected chi connectivity index (χ3v) is 3.04. The van der Waals surface area contributed by atoms with Gasteiger partial charge in [0.1, 0.15) is 11.7 Å². The van der Waals surface area contributed by atoms with Crippen LogP contribution in [0.4, 0.5) is 4.39 Å². The van der Waals surface area contributed by atoms with Crippen LogP contribution in [0, 0.1) is 23.1 Å². The Labute approximate surface area is 111 Å². The Bertz CT molecular complexity index is 459. The summed E-state index contributed by atoms with van der Waals surface area (Å²) in [6.07, 6.45) is 0.948. The second kappa shape index (κ2) is 6.51. The molecule has 1 aromatic carbocycles. The molecule has 0 aliphatic rings. The van der Waals surface area contributed by atoms with Crippen molar-refractivity contribution in [3.63, 3.8) is 0 Å². The Morgan fingerprint density at radius 2 is 2.17 bits per heavy atom. The average Bonchev–Trinajstić information content (AvgIpc) is 2.31. The van der Waals surface area contributed by atoms with Gasteiger partial charge >= 0.3 is 0 Å². The van der Waals surface area contributed by atoms with Crippen LogP contribution in [0.2, 0.25) is 5.02 Å². The van der Waals surface area contributed by atoms with Gasteiger partial charge in [-0.3, -0.25) is 4.79 Å². The van der Waals surface area contributed by atoms with Crippen molar-refractivity contribution in [1.29, 1.82) is 5.26 Å². The van der Waals surface area contributed by atoms with Crippen molar-refractivity contribution in [3.8, 4) is 6.07 Å². The maximum absolute atomic E-state index is 13.7. The number of nitriles is 1. The summed E-state index contributed by atoms with van der Waals surface area (Å²) < 4.78 is 13.7. The number of Topliss-reactive ketones (excluding diaryl/α,β-unsaturated/α-hetero) is 1. The molecular formula is C14H15ClFNO. The first kappa shape index (κ1) is 14.7. The summed E-state index contributed by atoms with van der Waals surface area (Å²) in [6, 6.07) is 6.00. The van der Waals surface area contributed by atoms with Gasteiger partial charge in [-0.25, -0.2) is 4.39 Å². The first-order valence-electron chi connectivity index (χ1n) is 5.83. The summed E-state index contributed by atoms with van der Waals surface area (Å²) in [5.74, 6) is -1.63. The number of hydrogen-bond donors (Lipinski definition) is 0. The first-order chi connectivity index (χ1) is 8.47. The van der Waals surface area contributed by atoms with Crippen molar-refractivity contribution < 1.29 is 9.18 Å². The topological polar surface area (TPSA) is 40.9 Å². The third kappa shape index (κ3) is 3.54. The van der Waals surface area contributed by atoms with E-state index in [4.69, 9.17) is 16.9 Å². The molecule has 1 aromatic rings. The summed E-state index contributed by atoms with van der Waals surface area (Å²) in [7, 11) is 0. The molecule has 0 bridgehead atoms. The van der Waals surface area contributed by atoms with E-state index < -0.39 is 11.7 Å². The number of nitrogens with zero attached hydrogens (tertiary/aromatic N) is 1. The smallest absolute Gasteiger partial charge is 0.154 e. The van der Waals surface area contributed by atoms with E-state index in [1.54, 1.807) is 0 Å². The standard InChI is InChI=1S/C14H15ClFNO/c1-9(2)6-7-13(18)10(8-17)14-11(15)4-3-5-12(14)16/h3-5,9-10H,6-7H2,1-2H3. The van der Waals surface area contributed by atoms with E-state index in [2.05, 4.69) is 0 Å². The molecule has 0 aliphatic heterocycles. The van der Waals surface area contributed by atoms with Crippen LogP contribution in [0.5, 0.6) is 0 Å². The van der Waals surface area contributed by atoms with E-state index in [-0.39, 0.29) is 22.8 Å². The second-order valence-corrected chi connectivity index (χ2v) is 5.00. The van der Waals surface area contributed by atoms with E-state index >= 15 is 0 Å². The third-order valence-electron chi connectivity index (χ3n) is 2.71. The zero-order valence-electron chi connectivity index (χ0n) is 10.4. The second-order valence-electron chi connectivity index (χ2n) is 4.60. The van der Waals surface area contributed by atoms with Gasteiger partial charge in [0, 0.05) is 17.0 Å². The molecule has 0 N–H and O–H groups in total. The number of ketones is 1. The van der Waals surface area contributed by atoms with E-state index in [0.717, 1.165) is 0 Å². The van der Waals surface area contributed by atoms with Crippen LogP contribution < -0.4 is 0 Å². The van der Waals surface area contributed by atoms with Crippen LogP contribution in [-0.4, -0.2) is 5.78 Å². The zero-order valence-corrected chi connectivity index (χ0v) is 11.2. The molecule has 0 saturated heterocycles. The van der Waals surface area contributed by atoms with Gasteiger partial charge in [-0.15, -0.1) is 0 Å². The van der Waals surface area contributed by atoms with Gasteiger partial charge in [0.25, 0.3) is 0 Å². The highest BCUT2D eigenvalue weighted by molar-refractivity contribution is 6.31. The largest absolute Gasteiger partial charge is 0.298 e. The number of benzene rings is 1. The van der Waals surface area contributed by atoms with Crippen molar-refractivity contribution in [2.24, 2.45) is 5.92 Å². The number of rotatable bonds is 5. The minimum Gasteiger partial charge on any atom is -0.298 e. The lowest BCUT2D eigenvalue weighted by Gasteiger charge is -2.12. The predicted molar refractivity (Wildman–Crippen MR) is 68.8 cm³/mol. The predicted octanol–water partition coefficient (Wildman–Crippen LogP) is 4.09. The lowest BCUT2D eigenvalue weighted by molar-refractivity contribution is -0.119. The van der Waals surface area contributed by atoms with Crippen molar-refractivity contribution >= 4 is 17.4 Å². The molecule has 0 aliphatic carbocycles. The van der Waals surface area contributed by atoms with E-state index in [1.165, 1.54) is 18.2 Å². The monoisotopic (exact) mass is 267 g/mol. The Morgan fingerprint density at radius 3 is 2.67 bits per heavy atom. The van der Waals surface area contributed by atoms with E-state index in [0.29, 0.717) is 12.3 Å². The van der Waals surface area contributed by atoms with Crippen molar-refractivity contribution in [3.05, 3.63) is 34.6 Å². The lowest BCUT2D eigenvalue weighted by atomic mass is 9.91. The molecule has 0 fully saturated rings. The minimum absolute atomic E-state index is 0.00424. The van der Waals surface area contributed by atoms with Crippen LogP contribution in [0.1, 0.15) is 38.2 Å². The van der Waals surface area contributed by atoms with Gasteiger partial charge in [0.05, 0.1) is 6.07 Å². The summed E-state index contributed by atoms with van der Waals surface area (Å²) in [4.78, 5) is 11.9. The van der Waals surface area contributed by atoms with E-state index in [1.807, 2.05) is 19.9 Å². The lowest BCUT2D eigenvalue weighted by Crippen LogP contribution is -2.13. The highest BCUT2D eigenvalue weighted by atomic mass is 35.5. The van der Waals surface area contributed by atoms with Gasteiger partial charge in [-0.2, -0.15) is 5.26 Å². The Morgan fingerprint density at radius 1 is 1.50 bits per heavy atom. The fourth-order valence-corrected chi connectivity index (χ4v) is 1.93. The summed E-state index contributed by atoms with van der Waals surface area (Å²) in [5, 5.41) is 9.19. The quantitative estimate of drug-likeness (QED) is 0.806. The van der Waals surface area contributed by atoms with Gasteiger partial charge in [-0.1, -0.05) is 31.5 Å². The fourth-order valence-electron chi connectivity index (χ4n) is 1.66. The zero-order chi connectivity index (χ0) is 13.7. The fraction of sp³-hybridized carbons (Fsp3) is 0.429. The van der Waals surface area contributed by atoms with Crippen molar-refractivity contribution in [2.75, 3.05) is 0 Å². The Balaban J connectivity index is 2.97. The average molecular weight is 268 g/mol. The van der Waals surface area contributed by atoms with Crippen LogP contribution in [0.25, 0.3) is 0 Å². The maximum Gasteiger partial charge on any atom is 0.154 e. The molecule has 0 amide bonds. The Hall–Kier alpha value is -1.40. The van der Waals surface area contributed by atoms with Crippen LogP contribution in [0.3, 0.4) is 0 Å². The van der Waals surface area contributed by atoms with Crippen molar-refractivity contribution in [2.45, 2.75) is 32.6 Å². The molecule has 0 radical (unpaired) electrons. The first-order valence-corrected chi connectivity index (χ1v) is 6.21. The van der Waals surface area contributed by atoms with Crippen LogP contribution in [0.15, 0.2) is 18.2 Å². The molecule has 1 rings (SSSR count). The summed E-state index contributed by atoms with van der Waals surface area (Å²) in [6.45, 7) is 3.98. The SMILES string of the molecule is CC(C)CCC(=O)C(C#N)c1c(F)cccc1Cl. The van der Waals surface area contributed by atoms with Gasteiger partial charge in [-0.05, 0) is 24.5 Å². The van der Waals surface area contributed by atoms with Gasteiger partial charge in [0.2, 0.25) is 0 Å². The molecule has 4 heteroatoms. The molecule has 1 atom stereocenters. The molecule has 0 aromatic heterocycles. The number of halogens is 2. The molecule has 96 valence electrons. The number of hydrogen-bond acceptors (Lipinski definition) is 2. The highest BCUT2D eigenvalue weighted by Gasteiger charge is 2.25. The summed E-state index contributed by atoms with van der Waals surface area (Å²) in [5.41, 5.74) is -0.00424. The molecule has 18 heavy (non-hydrogen) atoms. The molecule has 0 spiro atoms. The normalized spacial score (nSPS) is 12.2. The molecular weight excluding hydrogens is 253 g/mol. The highest BCUT2D eigenvalue weighted by Crippen LogP contribution is 2.29.